The molecule has 0 amide bonds. The van der Waals surface area contributed by atoms with Crippen molar-refractivity contribution in [1.29, 1.82) is 0 Å². The summed E-state index contributed by atoms with van der Waals surface area (Å²) in [6.45, 7) is 11.4. The maximum absolute atomic E-state index is 3.69. The van der Waals surface area contributed by atoms with Crippen molar-refractivity contribution in [2.75, 3.05) is 26.2 Å². The Morgan fingerprint density at radius 2 is 1.94 bits per heavy atom. The van der Waals surface area contributed by atoms with Crippen molar-refractivity contribution in [3.8, 4) is 0 Å². The van der Waals surface area contributed by atoms with E-state index in [1.807, 2.05) is 0 Å². The fourth-order valence-electron chi connectivity index (χ4n) is 2.87. The molecule has 0 radical (unpaired) electrons. The van der Waals surface area contributed by atoms with Gasteiger partial charge in [-0.3, -0.25) is 0 Å². The maximum Gasteiger partial charge on any atom is 0.0291 e. The zero-order valence-corrected chi connectivity index (χ0v) is 12.7. The van der Waals surface area contributed by atoms with E-state index in [9.17, 15) is 0 Å². The third kappa shape index (κ3) is 5.53. The average molecular weight is 252 g/mol. The van der Waals surface area contributed by atoms with E-state index in [1.54, 1.807) is 5.57 Å². The van der Waals surface area contributed by atoms with Gasteiger partial charge < -0.3 is 10.2 Å². The van der Waals surface area contributed by atoms with E-state index >= 15 is 0 Å². The number of hydrogen-bond acceptors (Lipinski definition) is 2. The molecule has 1 unspecified atom stereocenters. The summed E-state index contributed by atoms with van der Waals surface area (Å²) in [5.74, 6) is 0. The minimum Gasteiger partial charge on any atom is -0.310 e. The van der Waals surface area contributed by atoms with Crippen LogP contribution in [0.3, 0.4) is 0 Å². The van der Waals surface area contributed by atoms with Gasteiger partial charge >= 0.3 is 0 Å². The Bertz CT molecular complexity index is 231. The monoisotopic (exact) mass is 252 g/mol. The number of likely N-dealkylation sites (N-methyl/N-ethyl adjacent to an activating group) is 1. The predicted octanol–water partition coefficient (Wildman–Crippen LogP) is 3.59. The molecule has 0 aromatic carbocycles. The van der Waals surface area contributed by atoms with Gasteiger partial charge in [-0.25, -0.2) is 0 Å². The van der Waals surface area contributed by atoms with Crippen LogP contribution in [0.4, 0.5) is 0 Å². The molecule has 1 aliphatic carbocycles. The van der Waals surface area contributed by atoms with E-state index in [-0.39, 0.29) is 0 Å². The van der Waals surface area contributed by atoms with Crippen LogP contribution in [0.2, 0.25) is 0 Å². The highest BCUT2D eigenvalue weighted by Crippen LogP contribution is 2.21. The summed E-state index contributed by atoms with van der Waals surface area (Å²) in [5, 5.41) is 3.69. The van der Waals surface area contributed by atoms with Crippen LogP contribution >= 0.6 is 0 Å². The van der Waals surface area contributed by atoms with E-state index in [1.165, 1.54) is 58.2 Å². The number of rotatable bonds is 8. The standard InChI is InChI=1S/C16H32N2/c1-4-17-16(13-14-18(5-2)6-3)15-11-9-7-8-10-12-15/h11,16-17H,4-10,12-14H2,1-3H3. The number of nitrogens with one attached hydrogen (secondary N) is 1. The van der Waals surface area contributed by atoms with Gasteiger partial charge in [0.2, 0.25) is 0 Å². The Balaban J connectivity index is 2.49. The molecule has 1 aliphatic rings. The summed E-state index contributed by atoms with van der Waals surface area (Å²) in [5.41, 5.74) is 1.68. The second-order valence-electron chi connectivity index (χ2n) is 5.30. The molecule has 1 atom stereocenters. The lowest BCUT2D eigenvalue weighted by Gasteiger charge is -2.25. The first-order valence-electron chi connectivity index (χ1n) is 7.96. The molecule has 2 nitrogen and oxygen atoms in total. The van der Waals surface area contributed by atoms with Gasteiger partial charge in [0.15, 0.2) is 0 Å². The molecular formula is C16H32N2. The molecule has 0 saturated heterocycles. The lowest BCUT2D eigenvalue weighted by Crippen LogP contribution is -2.35. The van der Waals surface area contributed by atoms with Crippen LogP contribution in [0.15, 0.2) is 11.6 Å². The second-order valence-corrected chi connectivity index (χ2v) is 5.30. The lowest BCUT2D eigenvalue weighted by molar-refractivity contribution is 0.287. The summed E-state index contributed by atoms with van der Waals surface area (Å²) in [6.07, 6.45) is 10.6. The zero-order chi connectivity index (χ0) is 13.2. The summed E-state index contributed by atoms with van der Waals surface area (Å²) < 4.78 is 0. The van der Waals surface area contributed by atoms with Crippen LogP contribution in [0, 0.1) is 0 Å². The summed E-state index contributed by atoms with van der Waals surface area (Å²) in [6, 6.07) is 0.619. The third-order valence-electron chi connectivity index (χ3n) is 4.10. The average Bonchev–Trinajstić information content (AvgIpc) is 2.67. The van der Waals surface area contributed by atoms with Gasteiger partial charge in [0.1, 0.15) is 0 Å². The molecule has 0 aromatic rings. The summed E-state index contributed by atoms with van der Waals surface area (Å²) >= 11 is 0. The normalized spacial score (nSPS) is 18.6. The predicted molar refractivity (Wildman–Crippen MR) is 81.0 cm³/mol. The van der Waals surface area contributed by atoms with Crippen molar-refractivity contribution < 1.29 is 0 Å². The molecule has 0 spiro atoms. The lowest BCUT2D eigenvalue weighted by atomic mass is 9.99. The SMILES string of the molecule is CCNC(CCN(CC)CC)C1=CCCCCC1. The van der Waals surface area contributed by atoms with E-state index in [2.05, 4.69) is 37.1 Å². The number of nitrogens with zero attached hydrogens (tertiary/aromatic N) is 1. The minimum atomic E-state index is 0.619. The molecule has 0 aliphatic heterocycles. The van der Waals surface area contributed by atoms with Crippen LogP contribution < -0.4 is 5.32 Å². The van der Waals surface area contributed by atoms with Crippen molar-refractivity contribution >= 4 is 0 Å². The first-order chi connectivity index (χ1) is 8.81. The molecule has 2 heteroatoms. The highest BCUT2D eigenvalue weighted by molar-refractivity contribution is 5.12. The summed E-state index contributed by atoms with van der Waals surface area (Å²) in [4.78, 5) is 2.53. The highest BCUT2D eigenvalue weighted by Gasteiger charge is 2.15. The van der Waals surface area contributed by atoms with Crippen LogP contribution in [-0.2, 0) is 0 Å². The van der Waals surface area contributed by atoms with Crippen molar-refractivity contribution in [1.82, 2.24) is 10.2 Å². The smallest absolute Gasteiger partial charge is 0.0291 e. The van der Waals surface area contributed by atoms with E-state index < -0.39 is 0 Å². The molecule has 106 valence electrons. The molecule has 0 aromatic heterocycles. The van der Waals surface area contributed by atoms with Gasteiger partial charge in [0, 0.05) is 6.04 Å². The van der Waals surface area contributed by atoms with Gasteiger partial charge in [-0.15, -0.1) is 0 Å². The molecule has 0 heterocycles. The van der Waals surface area contributed by atoms with Crippen molar-refractivity contribution in [2.45, 2.75) is 65.3 Å². The van der Waals surface area contributed by atoms with Gasteiger partial charge in [0.25, 0.3) is 0 Å². The maximum atomic E-state index is 3.69. The van der Waals surface area contributed by atoms with Crippen LogP contribution in [-0.4, -0.2) is 37.1 Å². The van der Waals surface area contributed by atoms with Gasteiger partial charge in [-0.2, -0.15) is 0 Å². The Morgan fingerprint density at radius 3 is 2.61 bits per heavy atom. The van der Waals surface area contributed by atoms with E-state index in [0.29, 0.717) is 6.04 Å². The highest BCUT2D eigenvalue weighted by atomic mass is 15.1. The molecule has 18 heavy (non-hydrogen) atoms. The summed E-state index contributed by atoms with van der Waals surface area (Å²) in [7, 11) is 0. The molecule has 0 bridgehead atoms. The van der Waals surface area contributed by atoms with Gasteiger partial charge in [-0.1, -0.05) is 38.8 Å². The van der Waals surface area contributed by atoms with E-state index in [0.717, 1.165) is 6.54 Å². The largest absolute Gasteiger partial charge is 0.310 e. The van der Waals surface area contributed by atoms with Crippen molar-refractivity contribution in [3.05, 3.63) is 11.6 Å². The topological polar surface area (TPSA) is 15.3 Å². The van der Waals surface area contributed by atoms with Crippen molar-refractivity contribution in [2.24, 2.45) is 0 Å². The zero-order valence-electron chi connectivity index (χ0n) is 12.7. The van der Waals surface area contributed by atoms with Crippen LogP contribution in [0.1, 0.15) is 59.3 Å². The Kier molecular flexibility index (Phi) is 8.36. The van der Waals surface area contributed by atoms with Crippen LogP contribution in [0.5, 0.6) is 0 Å². The Morgan fingerprint density at radius 1 is 1.17 bits per heavy atom. The first-order valence-corrected chi connectivity index (χ1v) is 7.96. The molecule has 0 fully saturated rings. The third-order valence-corrected chi connectivity index (χ3v) is 4.10. The van der Waals surface area contributed by atoms with Gasteiger partial charge in [-0.05, 0) is 58.3 Å². The van der Waals surface area contributed by atoms with Gasteiger partial charge in [0.05, 0.1) is 0 Å². The fourth-order valence-corrected chi connectivity index (χ4v) is 2.87. The first kappa shape index (κ1) is 15.7. The van der Waals surface area contributed by atoms with Crippen molar-refractivity contribution in [3.63, 3.8) is 0 Å². The minimum absolute atomic E-state index is 0.619. The van der Waals surface area contributed by atoms with Crippen LogP contribution in [0.25, 0.3) is 0 Å². The van der Waals surface area contributed by atoms with E-state index in [4.69, 9.17) is 0 Å². The molecule has 1 N–H and O–H groups in total. The molecule has 1 rings (SSSR count). The quantitative estimate of drug-likeness (QED) is 0.664. The fraction of sp³-hybridized carbons (Fsp3) is 0.875. The number of allylic oxidation sites excluding steroid dienone is 1. The molecular weight excluding hydrogens is 220 g/mol. The Labute approximate surface area is 114 Å². The Hall–Kier alpha value is -0.340. The number of hydrogen-bond donors (Lipinski definition) is 1. The molecule has 0 saturated carbocycles. The second kappa shape index (κ2) is 9.57.